The first kappa shape index (κ1) is 17.3. The summed E-state index contributed by atoms with van der Waals surface area (Å²) in [5.41, 5.74) is 2.30. The van der Waals surface area contributed by atoms with E-state index in [1.807, 2.05) is 18.2 Å². The Bertz CT molecular complexity index is 1070. The van der Waals surface area contributed by atoms with Crippen molar-refractivity contribution < 1.29 is 18.9 Å². The van der Waals surface area contributed by atoms with Crippen LogP contribution in [0.15, 0.2) is 57.6 Å². The van der Waals surface area contributed by atoms with Gasteiger partial charge in [-0.1, -0.05) is 34.0 Å². The molecule has 0 aliphatic heterocycles. The minimum absolute atomic E-state index is 0.186. The molecule has 0 atom stereocenters. The SMILES string of the molecule is COc1ccccc1-c1noc(CO)c1-c1nc(-c2ccc(Cl)cc2)no1. The molecule has 0 fully saturated rings. The second-order valence-corrected chi connectivity index (χ2v) is 6.05. The number of aliphatic hydroxyl groups is 1. The molecule has 0 aliphatic carbocycles. The van der Waals surface area contributed by atoms with E-state index in [4.69, 9.17) is 25.4 Å². The van der Waals surface area contributed by atoms with Crippen LogP contribution in [-0.2, 0) is 6.61 Å². The molecule has 0 amide bonds. The average molecular weight is 384 g/mol. The fourth-order valence-electron chi connectivity index (χ4n) is 2.72. The summed E-state index contributed by atoms with van der Waals surface area (Å²) < 4.78 is 16.1. The van der Waals surface area contributed by atoms with Crippen molar-refractivity contribution in [3.63, 3.8) is 0 Å². The van der Waals surface area contributed by atoms with Gasteiger partial charge in [0.05, 0.1) is 7.11 Å². The molecule has 2 aromatic heterocycles. The van der Waals surface area contributed by atoms with Gasteiger partial charge < -0.3 is 18.9 Å². The number of rotatable bonds is 5. The summed E-state index contributed by atoms with van der Waals surface area (Å²) in [7, 11) is 1.57. The zero-order valence-corrected chi connectivity index (χ0v) is 15.0. The molecule has 0 radical (unpaired) electrons. The Morgan fingerprint density at radius 2 is 1.81 bits per heavy atom. The largest absolute Gasteiger partial charge is 0.496 e. The van der Waals surface area contributed by atoms with Crippen LogP contribution in [-0.4, -0.2) is 27.5 Å². The molecule has 0 saturated carbocycles. The molecule has 0 spiro atoms. The highest BCUT2D eigenvalue weighted by Gasteiger charge is 2.26. The highest BCUT2D eigenvalue weighted by molar-refractivity contribution is 6.30. The summed E-state index contributed by atoms with van der Waals surface area (Å²) in [6.07, 6.45) is 0. The molecule has 4 rings (SSSR count). The lowest BCUT2D eigenvalue weighted by molar-refractivity contribution is 0.229. The summed E-state index contributed by atoms with van der Waals surface area (Å²) in [6.45, 7) is -0.365. The van der Waals surface area contributed by atoms with E-state index in [1.165, 1.54) is 0 Å². The van der Waals surface area contributed by atoms with Crippen LogP contribution in [0.5, 0.6) is 5.75 Å². The average Bonchev–Trinajstić information content (AvgIpc) is 3.35. The van der Waals surface area contributed by atoms with Gasteiger partial charge in [-0.2, -0.15) is 4.98 Å². The van der Waals surface area contributed by atoms with Crippen LogP contribution in [0.25, 0.3) is 34.1 Å². The normalized spacial score (nSPS) is 10.9. The van der Waals surface area contributed by atoms with Crippen molar-refractivity contribution in [3.8, 4) is 39.8 Å². The van der Waals surface area contributed by atoms with Crippen LogP contribution in [0.2, 0.25) is 5.02 Å². The van der Waals surface area contributed by atoms with E-state index in [2.05, 4.69) is 15.3 Å². The molecule has 7 nitrogen and oxygen atoms in total. The predicted molar refractivity (Wildman–Crippen MR) is 98.2 cm³/mol. The minimum Gasteiger partial charge on any atom is -0.496 e. The molecular weight excluding hydrogens is 370 g/mol. The second-order valence-electron chi connectivity index (χ2n) is 5.62. The first-order valence-electron chi connectivity index (χ1n) is 8.04. The highest BCUT2D eigenvalue weighted by atomic mass is 35.5. The van der Waals surface area contributed by atoms with E-state index >= 15 is 0 Å². The molecule has 136 valence electrons. The first-order valence-corrected chi connectivity index (χ1v) is 8.42. The molecular formula is C19H14ClN3O4. The van der Waals surface area contributed by atoms with Gasteiger partial charge in [0.1, 0.15) is 23.6 Å². The van der Waals surface area contributed by atoms with Gasteiger partial charge in [-0.25, -0.2) is 0 Å². The molecule has 4 aromatic rings. The van der Waals surface area contributed by atoms with E-state index < -0.39 is 0 Å². The van der Waals surface area contributed by atoms with Crippen molar-refractivity contribution in [2.45, 2.75) is 6.61 Å². The topological polar surface area (TPSA) is 94.4 Å². The van der Waals surface area contributed by atoms with Gasteiger partial charge in [-0.15, -0.1) is 0 Å². The van der Waals surface area contributed by atoms with E-state index in [0.29, 0.717) is 33.4 Å². The van der Waals surface area contributed by atoms with Crippen LogP contribution in [0, 0.1) is 0 Å². The molecule has 27 heavy (non-hydrogen) atoms. The number of methoxy groups -OCH3 is 1. The fourth-order valence-corrected chi connectivity index (χ4v) is 2.84. The summed E-state index contributed by atoms with van der Waals surface area (Å²) in [4.78, 5) is 4.43. The zero-order chi connectivity index (χ0) is 18.8. The van der Waals surface area contributed by atoms with Crippen LogP contribution in [0.3, 0.4) is 0 Å². The maximum absolute atomic E-state index is 9.65. The van der Waals surface area contributed by atoms with Crippen LogP contribution in [0.4, 0.5) is 0 Å². The number of aliphatic hydroxyl groups excluding tert-OH is 1. The van der Waals surface area contributed by atoms with E-state index in [1.54, 1.807) is 37.4 Å². The van der Waals surface area contributed by atoms with Gasteiger partial charge in [0, 0.05) is 16.1 Å². The number of nitrogens with zero attached hydrogens (tertiary/aromatic N) is 3. The Morgan fingerprint density at radius 3 is 2.56 bits per heavy atom. The molecule has 0 saturated heterocycles. The van der Waals surface area contributed by atoms with Crippen molar-refractivity contribution in [2.24, 2.45) is 0 Å². The molecule has 2 aromatic carbocycles. The number of aromatic nitrogens is 3. The Hall–Kier alpha value is -3.16. The van der Waals surface area contributed by atoms with Gasteiger partial charge in [0.2, 0.25) is 5.82 Å². The summed E-state index contributed by atoms with van der Waals surface area (Å²) in [6, 6.07) is 14.4. The van der Waals surface area contributed by atoms with E-state index in [9.17, 15) is 5.11 Å². The second kappa shape index (κ2) is 7.22. The Kier molecular flexibility index (Phi) is 4.62. The lowest BCUT2D eigenvalue weighted by atomic mass is 10.0. The van der Waals surface area contributed by atoms with E-state index in [-0.39, 0.29) is 18.3 Å². The summed E-state index contributed by atoms with van der Waals surface area (Å²) >= 11 is 5.92. The highest BCUT2D eigenvalue weighted by Crippen LogP contribution is 2.38. The van der Waals surface area contributed by atoms with E-state index in [0.717, 1.165) is 5.56 Å². The van der Waals surface area contributed by atoms with Gasteiger partial charge >= 0.3 is 0 Å². The molecule has 2 heterocycles. The van der Waals surface area contributed by atoms with Gasteiger partial charge in [0.25, 0.3) is 5.89 Å². The first-order chi connectivity index (χ1) is 13.2. The van der Waals surface area contributed by atoms with Crippen molar-refractivity contribution in [2.75, 3.05) is 7.11 Å². The molecule has 1 N–H and O–H groups in total. The van der Waals surface area contributed by atoms with Crippen molar-refractivity contribution in [3.05, 3.63) is 59.3 Å². The Labute approximate surface area is 159 Å². The Balaban J connectivity index is 1.83. The van der Waals surface area contributed by atoms with Crippen LogP contribution < -0.4 is 4.74 Å². The number of hydrogen-bond acceptors (Lipinski definition) is 7. The summed E-state index contributed by atoms with van der Waals surface area (Å²) in [5.74, 6) is 1.40. The fraction of sp³-hybridized carbons (Fsp3) is 0.105. The number of para-hydroxylation sites is 1. The van der Waals surface area contributed by atoms with Crippen molar-refractivity contribution in [1.29, 1.82) is 0 Å². The standard InChI is InChI=1S/C19H14ClN3O4/c1-25-14-5-3-2-4-13(14)17-16(15(10-24)26-22-17)19-21-18(23-27-19)11-6-8-12(20)9-7-11/h2-9,24H,10H2,1H3. The number of hydrogen-bond donors (Lipinski definition) is 1. The Morgan fingerprint density at radius 1 is 1.04 bits per heavy atom. The monoisotopic (exact) mass is 383 g/mol. The third kappa shape index (κ3) is 3.18. The zero-order valence-electron chi connectivity index (χ0n) is 14.2. The molecule has 0 aliphatic rings. The third-order valence-corrected chi connectivity index (χ3v) is 4.26. The molecule has 8 heteroatoms. The van der Waals surface area contributed by atoms with Crippen molar-refractivity contribution in [1.82, 2.24) is 15.3 Å². The smallest absolute Gasteiger partial charge is 0.264 e. The number of ether oxygens (including phenoxy) is 1. The number of benzene rings is 2. The number of halogens is 1. The third-order valence-electron chi connectivity index (χ3n) is 4.01. The van der Waals surface area contributed by atoms with Crippen molar-refractivity contribution >= 4 is 11.6 Å². The maximum atomic E-state index is 9.65. The molecule has 0 unspecified atom stereocenters. The lowest BCUT2D eigenvalue weighted by Crippen LogP contribution is -1.91. The quantitative estimate of drug-likeness (QED) is 0.551. The molecule has 0 bridgehead atoms. The predicted octanol–water partition coefficient (Wildman–Crippen LogP) is 4.21. The van der Waals surface area contributed by atoms with Gasteiger partial charge in [-0.05, 0) is 36.4 Å². The van der Waals surface area contributed by atoms with Crippen LogP contribution in [0.1, 0.15) is 5.76 Å². The lowest BCUT2D eigenvalue weighted by Gasteiger charge is -2.05. The minimum atomic E-state index is -0.365. The maximum Gasteiger partial charge on any atom is 0.264 e. The van der Waals surface area contributed by atoms with Crippen LogP contribution >= 0.6 is 11.6 Å². The van der Waals surface area contributed by atoms with Gasteiger partial charge in [0.15, 0.2) is 5.76 Å². The van der Waals surface area contributed by atoms with Gasteiger partial charge in [-0.3, -0.25) is 0 Å². The summed E-state index contributed by atoms with van der Waals surface area (Å²) in [5, 5.41) is 18.4.